The van der Waals surface area contributed by atoms with Crippen molar-refractivity contribution >= 4 is 29.9 Å². The van der Waals surface area contributed by atoms with Gasteiger partial charge in [-0.05, 0) is 48.7 Å². The number of aliphatic imine (C=N–C) groups is 1. The van der Waals surface area contributed by atoms with Gasteiger partial charge in [0.25, 0.3) is 0 Å². The third kappa shape index (κ3) is 7.47. The number of nitrogens with one attached hydrogen (secondary N) is 2. The highest BCUT2D eigenvalue weighted by Gasteiger charge is 2.07. The van der Waals surface area contributed by atoms with Gasteiger partial charge >= 0.3 is 0 Å². The summed E-state index contributed by atoms with van der Waals surface area (Å²) in [5.41, 5.74) is 2.23. The van der Waals surface area contributed by atoms with Crippen LogP contribution in [0.5, 0.6) is 23.0 Å². The zero-order valence-corrected chi connectivity index (χ0v) is 20.6. The van der Waals surface area contributed by atoms with Crippen LogP contribution < -0.4 is 29.6 Å². The van der Waals surface area contributed by atoms with E-state index in [9.17, 15) is 0 Å². The molecule has 0 saturated heterocycles. The summed E-state index contributed by atoms with van der Waals surface area (Å²) in [6.07, 6.45) is 0.831. The first kappa shape index (κ1) is 25.7. The number of nitrogens with zero attached hydrogens (tertiary/aromatic N) is 1. The fourth-order valence-corrected chi connectivity index (χ4v) is 2.86. The van der Waals surface area contributed by atoms with Crippen molar-refractivity contribution in [3.05, 3.63) is 47.5 Å². The predicted octanol–water partition coefficient (Wildman–Crippen LogP) is 3.64. The summed E-state index contributed by atoms with van der Waals surface area (Å²) in [7, 11) is 6.67. The molecule has 0 heterocycles. The van der Waals surface area contributed by atoms with E-state index in [1.807, 2.05) is 43.3 Å². The summed E-state index contributed by atoms with van der Waals surface area (Å²) in [5, 5.41) is 6.64. The van der Waals surface area contributed by atoms with Gasteiger partial charge in [-0.1, -0.05) is 12.1 Å². The lowest BCUT2D eigenvalue weighted by Crippen LogP contribution is -2.37. The Morgan fingerprint density at radius 3 is 2.07 bits per heavy atom. The Bertz CT molecular complexity index is 815. The van der Waals surface area contributed by atoms with Crippen molar-refractivity contribution in [2.24, 2.45) is 4.99 Å². The molecular weight excluding hydrogens is 497 g/mol. The lowest BCUT2D eigenvalue weighted by atomic mass is 10.1. The largest absolute Gasteiger partial charge is 0.493 e. The molecule has 8 heteroatoms. The lowest BCUT2D eigenvalue weighted by molar-refractivity contribution is 0.310. The molecule has 0 amide bonds. The lowest BCUT2D eigenvalue weighted by Gasteiger charge is -2.14. The second kappa shape index (κ2) is 13.8. The van der Waals surface area contributed by atoms with Crippen LogP contribution in [-0.4, -0.2) is 47.5 Å². The zero-order chi connectivity index (χ0) is 21.1. The predicted molar refractivity (Wildman–Crippen MR) is 131 cm³/mol. The molecule has 0 aliphatic heterocycles. The third-order valence-corrected chi connectivity index (χ3v) is 4.37. The second-order valence-corrected chi connectivity index (χ2v) is 6.21. The minimum atomic E-state index is 0. The Morgan fingerprint density at radius 1 is 0.833 bits per heavy atom. The van der Waals surface area contributed by atoms with E-state index < -0.39 is 0 Å². The van der Waals surface area contributed by atoms with Gasteiger partial charge in [-0.25, -0.2) is 0 Å². The SMILES string of the molecule is CCOc1ccc(CNC(=NC)NCCc2ccc(OC)c(OC)c2)cc1OC.I. The monoisotopic (exact) mass is 529 g/mol. The first-order valence-electron chi connectivity index (χ1n) is 9.60. The minimum Gasteiger partial charge on any atom is -0.493 e. The highest BCUT2D eigenvalue weighted by atomic mass is 127. The van der Waals surface area contributed by atoms with E-state index in [0.29, 0.717) is 13.2 Å². The maximum atomic E-state index is 5.56. The van der Waals surface area contributed by atoms with Crippen molar-refractivity contribution in [1.29, 1.82) is 0 Å². The van der Waals surface area contributed by atoms with Crippen molar-refractivity contribution in [3.8, 4) is 23.0 Å². The Kier molecular flexibility index (Phi) is 11.8. The number of guanidine groups is 1. The van der Waals surface area contributed by atoms with E-state index in [0.717, 1.165) is 53.1 Å². The molecule has 0 atom stereocenters. The number of methoxy groups -OCH3 is 3. The molecule has 0 radical (unpaired) electrons. The normalized spacial score (nSPS) is 10.6. The number of hydrogen-bond acceptors (Lipinski definition) is 5. The summed E-state index contributed by atoms with van der Waals surface area (Å²) in [6, 6.07) is 11.8. The molecule has 2 aromatic carbocycles. The fraction of sp³-hybridized carbons (Fsp3) is 0.409. The van der Waals surface area contributed by atoms with Gasteiger partial charge in [-0.2, -0.15) is 0 Å². The highest BCUT2D eigenvalue weighted by molar-refractivity contribution is 14.0. The number of hydrogen-bond donors (Lipinski definition) is 2. The highest BCUT2D eigenvalue weighted by Crippen LogP contribution is 2.28. The van der Waals surface area contributed by atoms with Gasteiger partial charge < -0.3 is 29.6 Å². The van der Waals surface area contributed by atoms with Gasteiger partial charge in [0.15, 0.2) is 29.0 Å². The van der Waals surface area contributed by atoms with Gasteiger partial charge in [0, 0.05) is 20.1 Å². The molecule has 0 aliphatic rings. The van der Waals surface area contributed by atoms with Crippen LogP contribution in [0, 0.1) is 0 Å². The number of benzene rings is 2. The zero-order valence-electron chi connectivity index (χ0n) is 18.3. The van der Waals surface area contributed by atoms with E-state index in [1.54, 1.807) is 28.4 Å². The Balaban J connectivity index is 0.00000450. The van der Waals surface area contributed by atoms with Crippen molar-refractivity contribution in [2.75, 3.05) is 41.5 Å². The molecule has 0 aliphatic carbocycles. The number of rotatable bonds is 10. The Hall–Kier alpha value is -2.36. The van der Waals surface area contributed by atoms with Crippen molar-refractivity contribution < 1.29 is 18.9 Å². The molecule has 2 N–H and O–H groups in total. The molecule has 166 valence electrons. The van der Waals surface area contributed by atoms with Crippen LogP contribution in [0.4, 0.5) is 0 Å². The van der Waals surface area contributed by atoms with E-state index in [-0.39, 0.29) is 24.0 Å². The van der Waals surface area contributed by atoms with Crippen LogP contribution in [0.25, 0.3) is 0 Å². The molecule has 30 heavy (non-hydrogen) atoms. The fourth-order valence-electron chi connectivity index (χ4n) is 2.86. The van der Waals surface area contributed by atoms with Crippen LogP contribution in [0.2, 0.25) is 0 Å². The molecule has 0 fully saturated rings. The molecule has 0 unspecified atom stereocenters. The second-order valence-electron chi connectivity index (χ2n) is 6.21. The average molecular weight is 529 g/mol. The maximum Gasteiger partial charge on any atom is 0.191 e. The van der Waals surface area contributed by atoms with Crippen molar-refractivity contribution in [3.63, 3.8) is 0 Å². The van der Waals surface area contributed by atoms with Gasteiger partial charge in [0.2, 0.25) is 0 Å². The van der Waals surface area contributed by atoms with Crippen molar-refractivity contribution in [1.82, 2.24) is 10.6 Å². The molecule has 7 nitrogen and oxygen atoms in total. The van der Waals surface area contributed by atoms with Gasteiger partial charge in [0.05, 0.1) is 27.9 Å². The standard InChI is InChI=1S/C22H31N3O4.HI/c1-6-29-19-10-8-17(14-21(19)28-5)15-25-22(23-2)24-12-11-16-7-9-18(26-3)20(13-16)27-4;/h7-10,13-14H,6,11-12,15H2,1-5H3,(H2,23,24,25);1H. The smallest absolute Gasteiger partial charge is 0.191 e. The minimum absolute atomic E-state index is 0. The summed E-state index contributed by atoms with van der Waals surface area (Å²) in [5.74, 6) is 3.67. The molecular formula is C22H32IN3O4. The molecule has 0 aromatic heterocycles. The van der Waals surface area contributed by atoms with Crippen molar-refractivity contribution in [2.45, 2.75) is 19.9 Å². The molecule has 0 bridgehead atoms. The van der Waals surface area contributed by atoms with E-state index >= 15 is 0 Å². The van der Waals surface area contributed by atoms with E-state index in [4.69, 9.17) is 18.9 Å². The Morgan fingerprint density at radius 2 is 1.43 bits per heavy atom. The van der Waals surface area contributed by atoms with Crippen LogP contribution in [0.1, 0.15) is 18.1 Å². The molecule has 0 saturated carbocycles. The van der Waals surface area contributed by atoms with Gasteiger partial charge in [-0.15, -0.1) is 24.0 Å². The quantitative estimate of drug-likeness (QED) is 0.278. The van der Waals surface area contributed by atoms with E-state index in [1.165, 1.54) is 0 Å². The summed E-state index contributed by atoms with van der Waals surface area (Å²) < 4.78 is 21.6. The average Bonchev–Trinajstić information content (AvgIpc) is 2.76. The molecule has 0 spiro atoms. The topological polar surface area (TPSA) is 73.3 Å². The number of halogens is 1. The summed E-state index contributed by atoms with van der Waals surface area (Å²) in [6.45, 7) is 3.91. The Labute approximate surface area is 196 Å². The van der Waals surface area contributed by atoms with Gasteiger partial charge in [0.1, 0.15) is 0 Å². The first-order valence-corrected chi connectivity index (χ1v) is 9.60. The third-order valence-electron chi connectivity index (χ3n) is 4.37. The summed E-state index contributed by atoms with van der Waals surface area (Å²) >= 11 is 0. The first-order chi connectivity index (χ1) is 14.1. The molecule has 2 aromatic rings. The molecule has 2 rings (SSSR count). The van der Waals surface area contributed by atoms with Crippen LogP contribution >= 0.6 is 24.0 Å². The number of ether oxygens (including phenoxy) is 4. The maximum absolute atomic E-state index is 5.56. The van der Waals surface area contributed by atoms with E-state index in [2.05, 4.69) is 15.6 Å². The van der Waals surface area contributed by atoms with Crippen LogP contribution in [-0.2, 0) is 13.0 Å². The van der Waals surface area contributed by atoms with Gasteiger partial charge in [-0.3, -0.25) is 4.99 Å². The summed E-state index contributed by atoms with van der Waals surface area (Å²) in [4.78, 5) is 4.28. The van der Waals surface area contributed by atoms with Crippen LogP contribution in [0.3, 0.4) is 0 Å². The van der Waals surface area contributed by atoms with Crippen LogP contribution in [0.15, 0.2) is 41.4 Å².